The zero-order chi connectivity index (χ0) is 15.8. The SMILES string of the molecule is Nc1ccc(Nc2ccccc2)c2c(=O)c3ccccc3sc12. The number of nitrogens with two attached hydrogens (primary N) is 1. The lowest BCUT2D eigenvalue weighted by Gasteiger charge is -2.11. The van der Waals surface area contributed by atoms with Gasteiger partial charge in [-0.1, -0.05) is 30.3 Å². The second-order valence-electron chi connectivity index (χ2n) is 5.32. The molecule has 0 saturated carbocycles. The van der Waals surface area contributed by atoms with Crippen molar-refractivity contribution in [2.75, 3.05) is 11.1 Å². The average Bonchev–Trinajstić information content (AvgIpc) is 2.59. The summed E-state index contributed by atoms with van der Waals surface area (Å²) in [7, 11) is 0. The molecule has 0 radical (unpaired) electrons. The number of rotatable bonds is 2. The molecule has 0 saturated heterocycles. The lowest BCUT2D eigenvalue weighted by atomic mass is 10.1. The first-order valence-electron chi connectivity index (χ1n) is 7.30. The van der Waals surface area contributed by atoms with Crippen molar-refractivity contribution in [1.29, 1.82) is 0 Å². The van der Waals surface area contributed by atoms with E-state index < -0.39 is 0 Å². The Morgan fingerprint density at radius 3 is 2.43 bits per heavy atom. The summed E-state index contributed by atoms with van der Waals surface area (Å²) in [5, 5.41) is 4.71. The van der Waals surface area contributed by atoms with Gasteiger partial charge in [-0.3, -0.25) is 4.79 Å². The maximum absolute atomic E-state index is 13.0. The van der Waals surface area contributed by atoms with Crippen LogP contribution >= 0.6 is 11.3 Å². The Kier molecular flexibility index (Phi) is 3.24. The van der Waals surface area contributed by atoms with Gasteiger partial charge in [-0.05, 0) is 36.4 Å². The third kappa shape index (κ3) is 2.33. The molecule has 1 aromatic heterocycles. The van der Waals surface area contributed by atoms with Crippen LogP contribution in [0.5, 0.6) is 0 Å². The largest absolute Gasteiger partial charge is 0.398 e. The van der Waals surface area contributed by atoms with Crippen molar-refractivity contribution in [2.24, 2.45) is 0 Å². The van der Waals surface area contributed by atoms with E-state index >= 15 is 0 Å². The minimum absolute atomic E-state index is 0.0140. The van der Waals surface area contributed by atoms with Gasteiger partial charge in [-0.15, -0.1) is 11.3 Å². The van der Waals surface area contributed by atoms with Crippen LogP contribution in [0.3, 0.4) is 0 Å². The Morgan fingerprint density at radius 1 is 0.870 bits per heavy atom. The predicted molar refractivity (Wildman–Crippen MR) is 99.7 cm³/mol. The summed E-state index contributed by atoms with van der Waals surface area (Å²) >= 11 is 1.55. The van der Waals surface area contributed by atoms with Gasteiger partial charge in [-0.2, -0.15) is 0 Å². The van der Waals surface area contributed by atoms with Crippen LogP contribution < -0.4 is 16.5 Å². The average molecular weight is 318 g/mol. The first-order chi connectivity index (χ1) is 11.2. The summed E-state index contributed by atoms with van der Waals surface area (Å²) < 4.78 is 1.78. The molecule has 0 fully saturated rings. The highest BCUT2D eigenvalue weighted by molar-refractivity contribution is 7.25. The number of fused-ring (bicyclic) bond motifs is 2. The van der Waals surface area contributed by atoms with Gasteiger partial charge in [0.2, 0.25) is 0 Å². The van der Waals surface area contributed by atoms with Crippen LogP contribution in [0.1, 0.15) is 0 Å². The van der Waals surface area contributed by atoms with Gasteiger partial charge in [0, 0.05) is 21.5 Å². The van der Waals surface area contributed by atoms with Crippen molar-refractivity contribution in [3.8, 4) is 0 Å². The fourth-order valence-electron chi connectivity index (χ4n) is 2.70. The summed E-state index contributed by atoms with van der Waals surface area (Å²) in [6.07, 6.45) is 0. The highest BCUT2D eigenvalue weighted by Crippen LogP contribution is 2.34. The molecule has 3 aromatic carbocycles. The molecule has 0 unspecified atom stereocenters. The number of nitrogen functional groups attached to an aromatic ring is 1. The van der Waals surface area contributed by atoms with E-state index in [0.29, 0.717) is 11.1 Å². The predicted octanol–water partition coefficient (Wildman–Crippen LogP) is 4.74. The van der Waals surface area contributed by atoms with E-state index in [0.717, 1.165) is 26.2 Å². The molecule has 3 nitrogen and oxygen atoms in total. The lowest BCUT2D eigenvalue weighted by molar-refractivity contribution is 1.58. The summed E-state index contributed by atoms with van der Waals surface area (Å²) in [5.74, 6) is 0. The smallest absolute Gasteiger partial charge is 0.198 e. The molecule has 0 aliphatic rings. The minimum Gasteiger partial charge on any atom is -0.398 e. The van der Waals surface area contributed by atoms with Crippen LogP contribution in [0.4, 0.5) is 17.1 Å². The van der Waals surface area contributed by atoms with Crippen LogP contribution in [-0.4, -0.2) is 0 Å². The molecule has 0 bridgehead atoms. The number of benzene rings is 3. The van der Waals surface area contributed by atoms with Crippen molar-refractivity contribution in [1.82, 2.24) is 0 Å². The topological polar surface area (TPSA) is 55.1 Å². The molecule has 0 amide bonds. The van der Waals surface area contributed by atoms with Crippen molar-refractivity contribution in [3.63, 3.8) is 0 Å². The Bertz CT molecular complexity index is 1070. The molecule has 0 aliphatic carbocycles. The van der Waals surface area contributed by atoms with E-state index in [1.165, 1.54) is 0 Å². The fraction of sp³-hybridized carbons (Fsp3) is 0. The molecule has 4 heteroatoms. The minimum atomic E-state index is 0.0140. The first kappa shape index (κ1) is 13.8. The highest BCUT2D eigenvalue weighted by atomic mass is 32.1. The van der Waals surface area contributed by atoms with Crippen LogP contribution in [0, 0.1) is 0 Å². The number of hydrogen-bond acceptors (Lipinski definition) is 4. The highest BCUT2D eigenvalue weighted by Gasteiger charge is 2.12. The second kappa shape index (κ2) is 5.41. The quantitative estimate of drug-likeness (QED) is 0.414. The van der Waals surface area contributed by atoms with E-state index in [1.54, 1.807) is 11.3 Å². The summed E-state index contributed by atoms with van der Waals surface area (Å²) in [6.45, 7) is 0. The Labute approximate surface area is 137 Å². The summed E-state index contributed by atoms with van der Waals surface area (Å²) in [6, 6.07) is 21.2. The molecule has 0 spiro atoms. The lowest BCUT2D eigenvalue weighted by Crippen LogP contribution is -2.05. The first-order valence-corrected chi connectivity index (χ1v) is 8.12. The molecule has 0 atom stereocenters. The van der Waals surface area contributed by atoms with Gasteiger partial charge in [0.25, 0.3) is 0 Å². The normalized spacial score (nSPS) is 11.0. The standard InChI is InChI=1S/C19H14N2OS/c20-14-10-11-15(21-12-6-2-1-3-7-12)17-18(22)13-8-4-5-9-16(13)23-19(14)17/h1-11,21H,20H2. The third-order valence-electron chi connectivity index (χ3n) is 3.81. The van der Waals surface area contributed by atoms with E-state index in [9.17, 15) is 4.79 Å². The number of para-hydroxylation sites is 1. The van der Waals surface area contributed by atoms with Crippen molar-refractivity contribution >= 4 is 48.6 Å². The molecule has 112 valence electrons. The second-order valence-corrected chi connectivity index (χ2v) is 6.38. The molecule has 23 heavy (non-hydrogen) atoms. The van der Waals surface area contributed by atoms with E-state index in [2.05, 4.69) is 5.32 Å². The summed E-state index contributed by atoms with van der Waals surface area (Å²) in [4.78, 5) is 13.0. The monoisotopic (exact) mass is 318 g/mol. The van der Waals surface area contributed by atoms with Gasteiger partial charge in [-0.25, -0.2) is 0 Å². The zero-order valence-corrected chi connectivity index (χ0v) is 13.1. The molecule has 0 aliphatic heterocycles. The van der Waals surface area contributed by atoms with Crippen molar-refractivity contribution < 1.29 is 0 Å². The Balaban J connectivity index is 2.04. The van der Waals surface area contributed by atoms with Gasteiger partial charge in [0.15, 0.2) is 5.43 Å². The van der Waals surface area contributed by atoms with E-state index in [1.807, 2.05) is 66.7 Å². The van der Waals surface area contributed by atoms with Crippen LogP contribution in [-0.2, 0) is 0 Å². The summed E-state index contributed by atoms with van der Waals surface area (Å²) in [5.41, 5.74) is 8.49. The van der Waals surface area contributed by atoms with Gasteiger partial charge in [0.1, 0.15) is 0 Å². The molecule has 1 heterocycles. The fourth-order valence-corrected chi connectivity index (χ4v) is 3.83. The maximum Gasteiger partial charge on any atom is 0.198 e. The van der Waals surface area contributed by atoms with Gasteiger partial charge in [0.05, 0.1) is 15.8 Å². The van der Waals surface area contributed by atoms with Crippen LogP contribution in [0.2, 0.25) is 0 Å². The number of nitrogens with one attached hydrogen (secondary N) is 1. The van der Waals surface area contributed by atoms with Crippen molar-refractivity contribution in [2.45, 2.75) is 0 Å². The number of anilines is 3. The molecular formula is C19H14N2OS. The maximum atomic E-state index is 13.0. The zero-order valence-electron chi connectivity index (χ0n) is 12.2. The van der Waals surface area contributed by atoms with Gasteiger partial charge >= 0.3 is 0 Å². The van der Waals surface area contributed by atoms with E-state index in [4.69, 9.17) is 5.73 Å². The van der Waals surface area contributed by atoms with E-state index in [-0.39, 0.29) is 5.43 Å². The molecule has 4 aromatic rings. The molecule has 3 N–H and O–H groups in total. The Morgan fingerprint density at radius 2 is 1.61 bits per heavy atom. The van der Waals surface area contributed by atoms with Crippen LogP contribution in [0.25, 0.3) is 20.2 Å². The van der Waals surface area contributed by atoms with Crippen LogP contribution in [0.15, 0.2) is 71.5 Å². The third-order valence-corrected chi connectivity index (χ3v) is 5.03. The molecular weight excluding hydrogens is 304 g/mol. The Hall–Kier alpha value is -2.85. The number of hydrogen-bond donors (Lipinski definition) is 2. The van der Waals surface area contributed by atoms with Gasteiger partial charge < -0.3 is 11.1 Å². The van der Waals surface area contributed by atoms with Crippen molar-refractivity contribution in [3.05, 3.63) is 77.0 Å². The molecule has 4 rings (SSSR count).